The van der Waals surface area contributed by atoms with Crippen molar-refractivity contribution >= 4 is 45.2 Å². The van der Waals surface area contributed by atoms with Crippen LogP contribution in [0, 0.1) is 5.92 Å². The third-order valence-electron chi connectivity index (χ3n) is 11.4. The van der Waals surface area contributed by atoms with Crippen LogP contribution in [0.3, 0.4) is 0 Å². The fourth-order valence-corrected chi connectivity index (χ4v) is 8.62. The maximum Gasteiger partial charge on any atom is 0.0462 e. The van der Waals surface area contributed by atoms with E-state index in [2.05, 4.69) is 217 Å². The molecule has 1 fully saturated rings. The monoisotopic (exact) mass is 692 g/mol. The Morgan fingerprint density at radius 2 is 1.17 bits per heavy atom. The van der Waals surface area contributed by atoms with Crippen LogP contribution < -0.4 is 10.2 Å². The average molecular weight is 693 g/mol. The molecule has 0 bridgehead atoms. The molecule has 2 nitrogen and oxygen atoms in total. The molecule has 0 aliphatic heterocycles. The van der Waals surface area contributed by atoms with Gasteiger partial charge in [0.25, 0.3) is 0 Å². The summed E-state index contributed by atoms with van der Waals surface area (Å²) in [5.41, 5.74) is 14.8. The number of anilines is 4. The van der Waals surface area contributed by atoms with Crippen LogP contribution >= 0.6 is 0 Å². The van der Waals surface area contributed by atoms with E-state index in [1.807, 2.05) is 0 Å². The minimum absolute atomic E-state index is 0.0612. The Hall–Kier alpha value is -6.64. The first-order chi connectivity index (χ1) is 26.7. The summed E-state index contributed by atoms with van der Waals surface area (Å²) in [6.45, 7) is 0. The van der Waals surface area contributed by atoms with Gasteiger partial charge in [-0.3, -0.25) is 0 Å². The van der Waals surface area contributed by atoms with Crippen LogP contribution in [0.2, 0.25) is 0 Å². The number of allylic oxidation sites excluding steroid dienone is 6. The highest BCUT2D eigenvalue weighted by molar-refractivity contribution is 5.88. The molecule has 0 amide bonds. The summed E-state index contributed by atoms with van der Waals surface area (Å²) in [4.78, 5) is 2.33. The molecule has 0 saturated heterocycles. The molecule has 0 heterocycles. The fourth-order valence-electron chi connectivity index (χ4n) is 8.62. The van der Waals surface area contributed by atoms with E-state index < -0.39 is 0 Å². The molecule has 1 N–H and O–H groups in total. The Morgan fingerprint density at radius 1 is 0.519 bits per heavy atom. The van der Waals surface area contributed by atoms with Gasteiger partial charge in [0.15, 0.2) is 0 Å². The van der Waals surface area contributed by atoms with Crippen molar-refractivity contribution in [1.82, 2.24) is 0 Å². The second kappa shape index (κ2) is 13.4. The molecule has 0 spiro atoms. The lowest BCUT2D eigenvalue weighted by Crippen LogP contribution is -2.18. The zero-order valence-electron chi connectivity index (χ0n) is 30.1. The van der Waals surface area contributed by atoms with Gasteiger partial charge in [-0.2, -0.15) is 0 Å². The first-order valence-corrected chi connectivity index (χ1v) is 19.0. The normalized spacial score (nSPS) is 18.2. The highest BCUT2D eigenvalue weighted by Crippen LogP contribution is 2.64. The molecule has 2 unspecified atom stereocenters. The number of benzene rings is 7. The van der Waals surface area contributed by atoms with Crippen molar-refractivity contribution in [3.05, 3.63) is 228 Å². The summed E-state index contributed by atoms with van der Waals surface area (Å²) in [5, 5.41) is 6.38. The second-order valence-electron chi connectivity index (χ2n) is 14.6. The van der Waals surface area contributed by atoms with Gasteiger partial charge >= 0.3 is 0 Å². The Labute approximate surface area is 317 Å². The predicted molar refractivity (Wildman–Crippen MR) is 228 cm³/mol. The van der Waals surface area contributed by atoms with Gasteiger partial charge in [0.1, 0.15) is 0 Å². The molecular weight excluding hydrogens is 653 g/mol. The third-order valence-corrected chi connectivity index (χ3v) is 11.4. The lowest BCUT2D eigenvalue weighted by atomic mass is 9.79. The topological polar surface area (TPSA) is 15.3 Å². The molecule has 7 aromatic carbocycles. The molecule has 3 aliphatic rings. The predicted octanol–water partition coefficient (Wildman–Crippen LogP) is 13.6. The van der Waals surface area contributed by atoms with Gasteiger partial charge in [-0.25, -0.2) is 0 Å². The summed E-state index contributed by atoms with van der Waals surface area (Å²) >= 11 is 0. The smallest absolute Gasteiger partial charge is 0.0462 e. The van der Waals surface area contributed by atoms with Crippen LogP contribution in [0.1, 0.15) is 35.1 Å². The largest absolute Gasteiger partial charge is 0.358 e. The molecule has 10 rings (SSSR count). The number of fused-ring (bicyclic) bond motifs is 4. The van der Waals surface area contributed by atoms with E-state index in [0.717, 1.165) is 29.9 Å². The van der Waals surface area contributed by atoms with Crippen LogP contribution in [-0.4, -0.2) is 0 Å². The summed E-state index contributed by atoms with van der Waals surface area (Å²) in [5.74, 6) is 0.556. The van der Waals surface area contributed by atoms with Crippen molar-refractivity contribution in [2.24, 2.45) is 5.92 Å². The molecule has 1 saturated carbocycles. The van der Waals surface area contributed by atoms with Gasteiger partial charge in [0.05, 0.1) is 0 Å². The van der Waals surface area contributed by atoms with E-state index in [1.165, 1.54) is 61.1 Å². The minimum atomic E-state index is 0.0612. The molecular formula is C52H40N2. The number of hydrogen-bond acceptors (Lipinski definition) is 2. The highest BCUT2D eigenvalue weighted by Gasteiger charge is 2.57. The van der Waals surface area contributed by atoms with Gasteiger partial charge in [-0.1, -0.05) is 152 Å². The van der Waals surface area contributed by atoms with E-state index in [1.54, 1.807) is 0 Å². The number of para-hydroxylation sites is 2. The van der Waals surface area contributed by atoms with Gasteiger partial charge in [-0.15, -0.1) is 0 Å². The lowest BCUT2D eigenvalue weighted by Gasteiger charge is -2.26. The number of rotatable bonds is 8. The van der Waals surface area contributed by atoms with E-state index in [9.17, 15) is 0 Å². The van der Waals surface area contributed by atoms with Crippen molar-refractivity contribution < 1.29 is 0 Å². The average Bonchev–Trinajstić information content (AvgIpc) is 4.03. The third kappa shape index (κ3) is 5.77. The lowest BCUT2D eigenvalue weighted by molar-refractivity contribution is 0.782. The molecule has 54 heavy (non-hydrogen) atoms. The van der Waals surface area contributed by atoms with Crippen molar-refractivity contribution in [3.8, 4) is 11.1 Å². The van der Waals surface area contributed by atoms with Crippen molar-refractivity contribution in [2.75, 3.05) is 10.2 Å². The van der Waals surface area contributed by atoms with Crippen LogP contribution in [-0.2, 0) is 5.41 Å². The molecule has 0 radical (unpaired) electrons. The zero-order valence-corrected chi connectivity index (χ0v) is 30.1. The number of nitrogens with zero attached hydrogens (tertiary/aromatic N) is 1. The van der Waals surface area contributed by atoms with Gasteiger partial charge in [0, 0.05) is 40.3 Å². The van der Waals surface area contributed by atoms with Crippen molar-refractivity contribution in [2.45, 2.75) is 18.3 Å². The quantitative estimate of drug-likeness (QED) is 0.171. The van der Waals surface area contributed by atoms with E-state index >= 15 is 0 Å². The second-order valence-corrected chi connectivity index (χ2v) is 14.6. The van der Waals surface area contributed by atoms with Gasteiger partial charge < -0.3 is 10.2 Å². The van der Waals surface area contributed by atoms with Crippen molar-refractivity contribution in [3.63, 3.8) is 0 Å². The molecule has 2 heteroatoms. The summed E-state index contributed by atoms with van der Waals surface area (Å²) in [6.07, 6.45) is 15.8. The summed E-state index contributed by atoms with van der Waals surface area (Å²) in [6, 6.07) is 61.6. The standard InChI is InChI=1S/C52H40N2/c1-2-16-46(17-3-1)54(48-33-27-40(28-34-48)43-22-21-38-11-4-5-13-42(38)35-43)47-31-25-39(26-32-47)37-14-10-15-45(30-24-37)53-51-20-9-8-19-50(51)52-36-44(52)29-23-41-12-6-7-18-49(41)52/h1-14,16-35,44,53H,15,36H2. The van der Waals surface area contributed by atoms with Gasteiger partial charge in [0.2, 0.25) is 0 Å². The summed E-state index contributed by atoms with van der Waals surface area (Å²) in [7, 11) is 0. The Bertz CT molecular complexity index is 2630. The summed E-state index contributed by atoms with van der Waals surface area (Å²) < 4.78 is 0. The molecule has 3 aliphatic carbocycles. The number of hydrogen-bond donors (Lipinski definition) is 1. The maximum absolute atomic E-state index is 3.86. The Balaban J connectivity index is 0.911. The van der Waals surface area contributed by atoms with E-state index in [0.29, 0.717) is 5.92 Å². The molecule has 7 aromatic rings. The Kier molecular flexibility index (Phi) is 7.95. The van der Waals surface area contributed by atoms with E-state index in [-0.39, 0.29) is 5.41 Å². The van der Waals surface area contributed by atoms with Crippen LogP contribution in [0.5, 0.6) is 0 Å². The minimum Gasteiger partial charge on any atom is -0.358 e. The van der Waals surface area contributed by atoms with Crippen molar-refractivity contribution in [1.29, 1.82) is 0 Å². The highest BCUT2D eigenvalue weighted by atomic mass is 15.1. The van der Waals surface area contributed by atoms with E-state index in [4.69, 9.17) is 0 Å². The van der Waals surface area contributed by atoms with Gasteiger partial charge in [-0.05, 0) is 117 Å². The zero-order chi connectivity index (χ0) is 35.9. The molecule has 2 atom stereocenters. The maximum atomic E-state index is 3.86. The Morgan fingerprint density at radius 3 is 1.98 bits per heavy atom. The van der Waals surface area contributed by atoms with Crippen LogP contribution in [0.15, 0.2) is 206 Å². The molecule has 0 aromatic heterocycles. The first kappa shape index (κ1) is 32.0. The SMILES string of the molecule is C1=CC(c2ccc(N(c3ccccc3)c3ccc(-c4ccc5ccccc5c4)cc3)cc2)=CC=C(Nc2ccccc2C23CC2C=Cc2ccccc23)C1. The van der Waals surface area contributed by atoms with Crippen LogP contribution in [0.4, 0.5) is 22.7 Å². The molecule has 258 valence electrons. The number of nitrogens with one attached hydrogen (secondary N) is 1. The fraction of sp³-hybridized carbons (Fsp3) is 0.0769. The van der Waals surface area contributed by atoms with Crippen LogP contribution in [0.25, 0.3) is 33.5 Å². The first-order valence-electron chi connectivity index (χ1n) is 19.0.